The number of nitrogens with one attached hydrogen (secondary N) is 1. The molecular weight excluding hydrogens is 470 g/mol. The quantitative estimate of drug-likeness (QED) is 0.665. The van der Waals surface area contributed by atoms with Crippen molar-refractivity contribution in [3.05, 3.63) is 39.3 Å². The molecule has 8 nitrogen and oxygen atoms in total. The van der Waals surface area contributed by atoms with Crippen LogP contribution in [0.5, 0.6) is 23.0 Å². The zero-order chi connectivity index (χ0) is 20.4. The predicted octanol–water partition coefficient (Wildman–Crippen LogP) is 3.44. The molecule has 0 unspecified atom stereocenters. The van der Waals surface area contributed by atoms with Gasteiger partial charge in [0, 0.05) is 16.6 Å². The largest absolute Gasteiger partial charge is 0.486 e. The van der Waals surface area contributed by atoms with Crippen LogP contribution in [-0.2, 0) is 9.53 Å². The topological polar surface area (TPSA) is 92.3 Å². The molecule has 29 heavy (non-hydrogen) atoms. The molecule has 2 aliphatic rings. The number of fused-ring (bicyclic) bond motifs is 2. The summed E-state index contributed by atoms with van der Waals surface area (Å²) in [7, 11) is 0. The van der Waals surface area contributed by atoms with Gasteiger partial charge < -0.3 is 29.0 Å². The maximum atomic E-state index is 12.3. The smallest absolute Gasteiger partial charge is 0.338 e. The van der Waals surface area contributed by atoms with E-state index in [0.29, 0.717) is 59.6 Å². The number of hydrogen-bond acceptors (Lipinski definition) is 7. The van der Waals surface area contributed by atoms with Crippen molar-refractivity contribution in [2.75, 3.05) is 38.4 Å². The van der Waals surface area contributed by atoms with Crippen LogP contribution in [0.2, 0.25) is 5.02 Å². The molecule has 2 heterocycles. The van der Waals surface area contributed by atoms with Crippen molar-refractivity contribution in [3.63, 3.8) is 0 Å². The average molecular weight is 485 g/mol. The third-order valence-electron chi connectivity index (χ3n) is 4.07. The molecule has 0 aromatic heterocycles. The monoisotopic (exact) mass is 483 g/mol. The summed E-state index contributed by atoms with van der Waals surface area (Å²) < 4.78 is 27.5. The minimum absolute atomic E-state index is 0.160. The Kier molecular flexibility index (Phi) is 5.68. The van der Waals surface area contributed by atoms with Gasteiger partial charge in [-0.05, 0) is 28.1 Å². The first-order chi connectivity index (χ1) is 14.0. The van der Waals surface area contributed by atoms with Crippen LogP contribution in [0.4, 0.5) is 5.69 Å². The minimum atomic E-state index is -0.708. The van der Waals surface area contributed by atoms with Crippen molar-refractivity contribution in [1.29, 1.82) is 0 Å². The van der Waals surface area contributed by atoms with E-state index < -0.39 is 18.5 Å². The summed E-state index contributed by atoms with van der Waals surface area (Å²) >= 11 is 9.48. The molecule has 0 fully saturated rings. The van der Waals surface area contributed by atoms with Gasteiger partial charge in [-0.25, -0.2) is 4.79 Å². The second-order valence-corrected chi connectivity index (χ2v) is 7.34. The second kappa shape index (κ2) is 8.38. The lowest BCUT2D eigenvalue weighted by Crippen LogP contribution is -2.22. The number of carbonyl (C=O) groups is 2. The Bertz CT molecular complexity index is 982. The van der Waals surface area contributed by atoms with Crippen LogP contribution in [0.25, 0.3) is 0 Å². The first-order valence-corrected chi connectivity index (χ1v) is 9.83. The number of esters is 1. The van der Waals surface area contributed by atoms with Gasteiger partial charge in [-0.3, -0.25) is 4.79 Å². The van der Waals surface area contributed by atoms with Gasteiger partial charge in [0.25, 0.3) is 5.91 Å². The van der Waals surface area contributed by atoms with Crippen LogP contribution >= 0.6 is 27.5 Å². The van der Waals surface area contributed by atoms with Gasteiger partial charge in [0.2, 0.25) is 0 Å². The number of anilines is 1. The fourth-order valence-electron chi connectivity index (χ4n) is 2.79. The van der Waals surface area contributed by atoms with E-state index in [1.54, 1.807) is 12.1 Å². The summed E-state index contributed by atoms with van der Waals surface area (Å²) in [5.74, 6) is 0.636. The maximum Gasteiger partial charge on any atom is 0.338 e. The van der Waals surface area contributed by atoms with Crippen molar-refractivity contribution in [2.45, 2.75) is 0 Å². The summed E-state index contributed by atoms with van der Waals surface area (Å²) in [6.45, 7) is 1.15. The predicted molar refractivity (Wildman–Crippen MR) is 106 cm³/mol. The van der Waals surface area contributed by atoms with E-state index in [9.17, 15) is 9.59 Å². The van der Waals surface area contributed by atoms with Gasteiger partial charge in [0.05, 0.1) is 16.3 Å². The van der Waals surface area contributed by atoms with E-state index in [1.165, 1.54) is 12.1 Å². The Morgan fingerprint density at radius 1 is 0.966 bits per heavy atom. The van der Waals surface area contributed by atoms with E-state index in [2.05, 4.69) is 21.2 Å². The third-order valence-corrected chi connectivity index (χ3v) is 5.01. The molecule has 2 aliphatic heterocycles. The summed E-state index contributed by atoms with van der Waals surface area (Å²) in [5.41, 5.74) is 0.630. The van der Waals surface area contributed by atoms with Crippen LogP contribution < -0.4 is 24.3 Å². The molecule has 2 aromatic carbocycles. The van der Waals surface area contributed by atoms with E-state index in [0.717, 1.165) is 0 Å². The second-order valence-electron chi connectivity index (χ2n) is 6.08. The van der Waals surface area contributed by atoms with Crippen molar-refractivity contribution >= 4 is 45.1 Å². The molecule has 10 heteroatoms. The van der Waals surface area contributed by atoms with Gasteiger partial charge in [0.15, 0.2) is 29.6 Å². The fourth-order valence-corrected chi connectivity index (χ4v) is 3.48. The Hall–Kier alpha value is -2.65. The molecule has 152 valence electrons. The van der Waals surface area contributed by atoms with Gasteiger partial charge >= 0.3 is 5.97 Å². The summed E-state index contributed by atoms with van der Waals surface area (Å²) in [4.78, 5) is 24.5. The Morgan fingerprint density at radius 3 is 2.38 bits per heavy atom. The first kappa shape index (κ1) is 19.7. The molecule has 2 aromatic rings. The highest BCUT2D eigenvalue weighted by Gasteiger charge is 2.21. The van der Waals surface area contributed by atoms with Crippen LogP contribution in [0.15, 0.2) is 28.7 Å². The van der Waals surface area contributed by atoms with Crippen molar-refractivity contribution in [1.82, 2.24) is 0 Å². The number of halogens is 2. The summed E-state index contributed by atoms with van der Waals surface area (Å²) in [6, 6.07) is 6.22. The van der Waals surface area contributed by atoms with Gasteiger partial charge in [-0.1, -0.05) is 11.6 Å². The summed E-state index contributed by atoms with van der Waals surface area (Å²) in [5, 5.41) is 2.89. The van der Waals surface area contributed by atoms with Gasteiger partial charge in [-0.2, -0.15) is 0 Å². The van der Waals surface area contributed by atoms with Crippen molar-refractivity contribution in [2.24, 2.45) is 0 Å². The standard InChI is InChI=1S/C19H15BrClNO7/c20-11-7-14-15(26-2-1-25-14)8-13(11)22-17(23)9-29-19(24)10-5-12(21)18-16(6-10)27-3-4-28-18/h5-8H,1-4,9H2,(H,22,23). The fraction of sp³-hybridized carbons (Fsp3) is 0.263. The number of benzene rings is 2. The van der Waals surface area contributed by atoms with Crippen molar-refractivity contribution in [3.8, 4) is 23.0 Å². The highest BCUT2D eigenvalue weighted by molar-refractivity contribution is 9.10. The molecular formula is C19H15BrClNO7. The molecule has 4 rings (SSSR count). The molecule has 0 atom stereocenters. The number of carbonyl (C=O) groups excluding carboxylic acids is 2. The molecule has 0 radical (unpaired) electrons. The SMILES string of the molecule is O=C(COC(=O)c1cc(Cl)c2c(c1)OCCO2)Nc1cc2c(cc1Br)OCCO2. The molecule has 0 aliphatic carbocycles. The van der Waals surface area contributed by atoms with E-state index in [-0.39, 0.29) is 10.6 Å². The lowest BCUT2D eigenvalue weighted by atomic mass is 10.2. The van der Waals surface area contributed by atoms with Crippen LogP contribution in [0.1, 0.15) is 10.4 Å². The molecule has 0 spiro atoms. The first-order valence-electron chi connectivity index (χ1n) is 8.66. The zero-order valence-corrected chi connectivity index (χ0v) is 17.3. The molecule has 1 N–H and O–H groups in total. The number of amides is 1. The van der Waals surface area contributed by atoms with Gasteiger partial charge in [-0.15, -0.1) is 0 Å². The van der Waals surface area contributed by atoms with Gasteiger partial charge in [0.1, 0.15) is 26.4 Å². The highest BCUT2D eigenvalue weighted by Crippen LogP contribution is 2.39. The van der Waals surface area contributed by atoms with E-state index in [4.69, 9.17) is 35.3 Å². The Balaban J connectivity index is 1.39. The molecule has 1 amide bonds. The van der Waals surface area contributed by atoms with Crippen LogP contribution in [-0.4, -0.2) is 44.9 Å². The molecule has 0 saturated carbocycles. The number of ether oxygens (including phenoxy) is 5. The molecule has 0 saturated heterocycles. The minimum Gasteiger partial charge on any atom is -0.486 e. The zero-order valence-electron chi connectivity index (χ0n) is 15.0. The van der Waals surface area contributed by atoms with Crippen LogP contribution in [0, 0.1) is 0 Å². The normalized spacial score (nSPS) is 14.1. The maximum absolute atomic E-state index is 12.3. The Labute approximate surface area is 179 Å². The van der Waals surface area contributed by atoms with Crippen LogP contribution in [0.3, 0.4) is 0 Å². The number of rotatable bonds is 4. The number of hydrogen-bond donors (Lipinski definition) is 1. The average Bonchev–Trinajstić information content (AvgIpc) is 2.72. The van der Waals surface area contributed by atoms with E-state index in [1.807, 2.05) is 0 Å². The lowest BCUT2D eigenvalue weighted by Gasteiger charge is -2.20. The summed E-state index contributed by atoms with van der Waals surface area (Å²) in [6.07, 6.45) is 0. The highest BCUT2D eigenvalue weighted by atomic mass is 79.9. The van der Waals surface area contributed by atoms with Crippen molar-refractivity contribution < 1.29 is 33.3 Å². The van der Waals surface area contributed by atoms with E-state index >= 15 is 0 Å². The molecule has 0 bridgehead atoms. The Morgan fingerprint density at radius 2 is 1.62 bits per heavy atom. The lowest BCUT2D eigenvalue weighted by molar-refractivity contribution is -0.119. The third kappa shape index (κ3) is 4.35.